The number of hydrogen-bond donors (Lipinski definition) is 2. The number of aryl methyl sites for hydroxylation is 2. The van der Waals surface area contributed by atoms with Crippen LogP contribution in [0.2, 0.25) is 0 Å². The molecule has 2 aromatic heterocycles. The van der Waals surface area contributed by atoms with E-state index in [2.05, 4.69) is 36.9 Å². The highest BCUT2D eigenvalue weighted by Gasteiger charge is 2.05. The summed E-state index contributed by atoms with van der Waals surface area (Å²) >= 11 is 0. The van der Waals surface area contributed by atoms with E-state index in [4.69, 9.17) is 0 Å². The normalized spacial score (nSPS) is 10.7. The minimum Gasteiger partial charge on any atom is -0.379 e. The van der Waals surface area contributed by atoms with Crippen molar-refractivity contribution in [1.82, 2.24) is 30.2 Å². The van der Waals surface area contributed by atoms with E-state index >= 15 is 0 Å². The molecular weight excluding hydrogens is 254 g/mol. The van der Waals surface area contributed by atoms with Crippen LogP contribution in [0.3, 0.4) is 0 Å². The molecule has 3 rings (SSSR count). The van der Waals surface area contributed by atoms with E-state index in [1.165, 1.54) is 0 Å². The predicted octanol–water partition coefficient (Wildman–Crippen LogP) is 1.61. The summed E-state index contributed by atoms with van der Waals surface area (Å²) in [6.07, 6.45) is 3.29. The number of nitrogens with one attached hydrogen (secondary N) is 2. The first-order valence-corrected chi connectivity index (χ1v) is 6.31. The average Bonchev–Trinajstić information content (AvgIpc) is 3.08. The molecule has 0 saturated carbocycles. The summed E-state index contributed by atoms with van der Waals surface area (Å²) in [6.45, 7) is 4.73. The van der Waals surface area contributed by atoms with Crippen LogP contribution in [0.15, 0.2) is 30.9 Å². The molecular formula is C13H15N7. The fraction of sp³-hybridized carbons (Fsp3) is 0.231. The van der Waals surface area contributed by atoms with Crippen LogP contribution in [0, 0.1) is 13.8 Å². The smallest absolute Gasteiger partial charge is 0.143 e. The monoisotopic (exact) mass is 269 g/mol. The van der Waals surface area contributed by atoms with Gasteiger partial charge in [0.15, 0.2) is 0 Å². The number of benzene rings is 1. The molecule has 0 spiro atoms. The van der Waals surface area contributed by atoms with Gasteiger partial charge in [0.1, 0.15) is 6.33 Å². The molecule has 0 aliphatic carbocycles. The van der Waals surface area contributed by atoms with Gasteiger partial charge in [0.25, 0.3) is 0 Å². The van der Waals surface area contributed by atoms with Gasteiger partial charge in [-0.1, -0.05) is 0 Å². The fourth-order valence-corrected chi connectivity index (χ4v) is 2.05. The lowest BCUT2D eigenvalue weighted by molar-refractivity contribution is 0.785. The van der Waals surface area contributed by atoms with Crippen molar-refractivity contribution < 1.29 is 0 Å². The molecule has 1 aromatic carbocycles. The number of imidazole rings is 1. The number of hydrogen-bond acceptors (Lipinski definition) is 5. The molecule has 3 aromatic rings. The molecule has 0 unspecified atom stereocenters. The van der Waals surface area contributed by atoms with Crippen molar-refractivity contribution in [1.29, 1.82) is 0 Å². The third kappa shape index (κ3) is 2.37. The van der Waals surface area contributed by atoms with Crippen molar-refractivity contribution in [3.63, 3.8) is 0 Å². The molecule has 0 radical (unpaired) electrons. The molecule has 102 valence electrons. The topological polar surface area (TPSA) is 84.3 Å². The number of H-pyrrole nitrogens is 1. The zero-order valence-electron chi connectivity index (χ0n) is 11.3. The molecule has 0 aliphatic rings. The predicted molar refractivity (Wildman–Crippen MR) is 74.5 cm³/mol. The van der Waals surface area contributed by atoms with Gasteiger partial charge in [-0.25, -0.2) is 9.67 Å². The number of tetrazole rings is 1. The summed E-state index contributed by atoms with van der Waals surface area (Å²) < 4.78 is 1.65. The summed E-state index contributed by atoms with van der Waals surface area (Å²) in [5, 5.41) is 14.5. The maximum absolute atomic E-state index is 4.26. The average molecular weight is 269 g/mol. The van der Waals surface area contributed by atoms with Crippen molar-refractivity contribution in [2.24, 2.45) is 0 Å². The molecule has 20 heavy (non-hydrogen) atoms. The van der Waals surface area contributed by atoms with Crippen molar-refractivity contribution >= 4 is 5.69 Å². The number of nitrogens with zero attached hydrogens (tertiary/aromatic N) is 5. The maximum Gasteiger partial charge on any atom is 0.143 e. The summed E-state index contributed by atoms with van der Waals surface area (Å²) in [7, 11) is 0. The zero-order chi connectivity index (χ0) is 13.9. The Balaban J connectivity index is 1.76. The van der Waals surface area contributed by atoms with E-state index in [-0.39, 0.29) is 0 Å². The van der Waals surface area contributed by atoms with Gasteiger partial charge < -0.3 is 10.3 Å². The molecule has 0 atom stereocenters. The Morgan fingerprint density at radius 3 is 2.85 bits per heavy atom. The number of aromatic amines is 1. The van der Waals surface area contributed by atoms with Gasteiger partial charge in [0.05, 0.1) is 24.3 Å². The Morgan fingerprint density at radius 2 is 2.20 bits per heavy atom. The SMILES string of the molecule is Cc1cc(NCc2nc[nH]c2C)ccc1-n1cnnn1. The molecule has 0 aliphatic heterocycles. The third-order valence-corrected chi connectivity index (χ3v) is 3.19. The van der Waals surface area contributed by atoms with E-state index in [0.29, 0.717) is 6.54 Å². The van der Waals surface area contributed by atoms with E-state index in [9.17, 15) is 0 Å². The summed E-state index contributed by atoms with van der Waals surface area (Å²) in [5.74, 6) is 0. The Labute approximate surface area is 116 Å². The van der Waals surface area contributed by atoms with Crippen molar-refractivity contribution in [3.05, 3.63) is 47.8 Å². The Morgan fingerprint density at radius 1 is 1.30 bits per heavy atom. The molecule has 2 N–H and O–H groups in total. The summed E-state index contributed by atoms with van der Waals surface area (Å²) in [6, 6.07) is 6.07. The first kappa shape index (κ1) is 12.3. The number of anilines is 1. The third-order valence-electron chi connectivity index (χ3n) is 3.19. The molecule has 0 saturated heterocycles. The second kappa shape index (κ2) is 5.12. The van der Waals surface area contributed by atoms with Crippen LogP contribution in [0.25, 0.3) is 5.69 Å². The van der Waals surface area contributed by atoms with Crippen molar-refractivity contribution in [2.45, 2.75) is 20.4 Å². The van der Waals surface area contributed by atoms with Crippen LogP contribution < -0.4 is 5.32 Å². The van der Waals surface area contributed by atoms with Crippen LogP contribution in [0.5, 0.6) is 0 Å². The van der Waals surface area contributed by atoms with Gasteiger partial charge in [-0.2, -0.15) is 0 Å². The highest BCUT2D eigenvalue weighted by molar-refractivity contribution is 5.53. The lowest BCUT2D eigenvalue weighted by atomic mass is 10.1. The number of rotatable bonds is 4. The first-order chi connectivity index (χ1) is 9.74. The van der Waals surface area contributed by atoms with Crippen LogP contribution in [0.4, 0.5) is 5.69 Å². The maximum atomic E-state index is 4.26. The van der Waals surface area contributed by atoms with Crippen LogP contribution in [-0.4, -0.2) is 30.2 Å². The highest BCUT2D eigenvalue weighted by Crippen LogP contribution is 2.18. The van der Waals surface area contributed by atoms with Gasteiger partial charge in [0.2, 0.25) is 0 Å². The minimum absolute atomic E-state index is 0.693. The standard InChI is InChI=1S/C13H15N7/c1-9-5-11(14-6-12-10(2)15-7-16-12)3-4-13(9)20-8-17-18-19-20/h3-5,7-8,14H,6H2,1-2H3,(H,15,16). The first-order valence-electron chi connectivity index (χ1n) is 6.31. The second-order valence-electron chi connectivity index (χ2n) is 4.58. The highest BCUT2D eigenvalue weighted by atomic mass is 15.5. The number of aromatic nitrogens is 6. The van der Waals surface area contributed by atoms with Crippen LogP contribution >= 0.6 is 0 Å². The molecule has 0 amide bonds. The van der Waals surface area contributed by atoms with Gasteiger partial charge in [-0.05, 0) is 48.0 Å². The van der Waals surface area contributed by atoms with Gasteiger partial charge in [0, 0.05) is 11.4 Å². The molecule has 0 bridgehead atoms. The zero-order valence-corrected chi connectivity index (χ0v) is 11.3. The van der Waals surface area contributed by atoms with Gasteiger partial charge in [-0.15, -0.1) is 5.10 Å². The fourth-order valence-electron chi connectivity index (χ4n) is 2.05. The van der Waals surface area contributed by atoms with Crippen molar-refractivity contribution in [3.8, 4) is 5.69 Å². The van der Waals surface area contributed by atoms with E-state index < -0.39 is 0 Å². The molecule has 7 heteroatoms. The van der Waals surface area contributed by atoms with Gasteiger partial charge in [-0.3, -0.25) is 0 Å². The Hall–Kier alpha value is -2.70. The summed E-state index contributed by atoms with van der Waals surface area (Å²) in [4.78, 5) is 7.33. The van der Waals surface area contributed by atoms with Crippen molar-refractivity contribution in [2.75, 3.05) is 5.32 Å². The largest absolute Gasteiger partial charge is 0.379 e. The van der Waals surface area contributed by atoms with Crippen LogP contribution in [-0.2, 0) is 6.54 Å². The quantitative estimate of drug-likeness (QED) is 0.751. The van der Waals surface area contributed by atoms with Gasteiger partial charge >= 0.3 is 0 Å². The lowest BCUT2D eigenvalue weighted by Gasteiger charge is -2.09. The van der Waals surface area contributed by atoms with Crippen LogP contribution in [0.1, 0.15) is 17.0 Å². The second-order valence-corrected chi connectivity index (χ2v) is 4.58. The Kier molecular flexibility index (Phi) is 3.16. The van der Waals surface area contributed by atoms with E-state index in [0.717, 1.165) is 28.3 Å². The minimum atomic E-state index is 0.693. The summed E-state index contributed by atoms with van der Waals surface area (Å²) in [5.41, 5.74) is 5.21. The molecule has 0 fully saturated rings. The molecule has 7 nitrogen and oxygen atoms in total. The van der Waals surface area contributed by atoms with E-state index in [1.807, 2.05) is 26.0 Å². The molecule has 2 heterocycles. The lowest BCUT2D eigenvalue weighted by Crippen LogP contribution is -2.03. The van der Waals surface area contributed by atoms with E-state index in [1.54, 1.807) is 17.3 Å². The Bertz CT molecular complexity index is 699.